The van der Waals surface area contributed by atoms with E-state index < -0.39 is 52.8 Å². The van der Waals surface area contributed by atoms with Crippen molar-refractivity contribution in [3.8, 4) is 5.75 Å². The van der Waals surface area contributed by atoms with Crippen molar-refractivity contribution in [1.82, 2.24) is 0 Å². The monoisotopic (exact) mass is 369 g/mol. The lowest BCUT2D eigenvalue weighted by molar-refractivity contribution is -0.191. The maximum absolute atomic E-state index is 12.9. The first-order chi connectivity index (χ1) is 10.6. The zero-order valence-electron chi connectivity index (χ0n) is 10.9. The highest BCUT2D eigenvalue weighted by atomic mass is 19.4. The molecule has 24 heavy (non-hydrogen) atoms. The topological polar surface area (TPSA) is 69.4 Å². The van der Waals surface area contributed by atoms with Crippen molar-refractivity contribution < 1.29 is 53.8 Å². The van der Waals surface area contributed by atoms with Crippen LogP contribution in [0.15, 0.2) is 12.1 Å². The Morgan fingerprint density at radius 3 is 1.62 bits per heavy atom. The number of rotatable bonds is 2. The van der Waals surface area contributed by atoms with Crippen molar-refractivity contribution in [3.63, 3.8) is 0 Å². The van der Waals surface area contributed by atoms with Gasteiger partial charge in [-0.3, -0.25) is 4.79 Å². The molecule has 0 heterocycles. The number of nitrogens with two attached hydrogens (primary N) is 1. The van der Waals surface area contributed by atoms with Gasteiger partial charge in [0.25, 0.3) is 0 Å². The third kappa shape index (κ3) is 4.08. The lowest BCUT2D eigenvalue weighted by Gasteiger charge is -2.21. The summed E-state index contributed by atoms with van der Waals surface area (Å²) in [5.74, 6) is -7.16. The van der Waals surface area contributed by atoms with Crippen LogP contribution in [-0.4, -0.2) is 18.1 Å². The Hall–Kier alpha value is -2.47. The molecule has 0 saturated heterocycles. The molecule has 13 heteroatoms. The van der Waals surface area contributed by atoms with Crippen LogP contribution < -0.4 is 10.5 Å². The van der Waals surface area contributed by atoms with Gasteiger partial charge in [0.1, 0.15) is 11.3 Å². The van der Waals surface area contributed by atoms with E-state index >= 15 is 0 Å². The molecule has 1 rings (SSSR count). The molecule has 0 atom stereocenters. The summed E-state index contributed by atoms with van der Waals surface area (Å²) >= 11 is 0. The van der Waals surface area contributed by atoms with Crippen LogP contribution in [0.2, 0.25) is 0 Å². The van der Waals surface area contributed by atoms with Crippen LogP contribution in [0.25, 0.3) is 0 Å². The van der Waals surface area contributed by atoms with Crippen LogP contribution in [0.5, 0.6) is 5.75 Å². The molecule has 1 aromatic rings. The highest BCUT2D eigenvalue weighted by Crippen LogP contribution is 2.46. The molecule has 0 radical (unpaired) electrons. The van der Waals surface area contributed by atoms with Crippen LogP contribution in [0.3, 0.4) is 0 Å². The van der Waals surface area contributed by atoms with Crippen molar-refractivity contribution in [1.29, 1.82) is 0 Å². The summed E-state index contributed by atoms with van der Waals surface area (Å²) in [5.41, 5.74) is -2.53. The number of esters is 1. The minimum Gasteiger partial charge on any atom is -0.419 e. The summed E-state index contributed by atoms with van der Waals surface area (Å²) in [6.45, 7) is 0. The normalized spacial score (nSPS) is 12.9. The minimum absolute atomic E-state index is 0.0399. The van der Waals surface area contributed by atoms with E-state index in [0.717, 1.165) is 0 Å². The van der Waals surface area contributed by atoms with Crippen LogP contribution in [-0.2, 0) is 17.1 Å². The Balaban J connectivity index is 3.75. The maximum Gasteiger partial charge on any atom is 0.491 e. The van der Waals surface area contributed by atoms with E-state index in [0.29, 0.717) is 0 Å². The van der Waals surface area contributed by atoms with Gasteiger partial charge in [-0.1, -0.05) is 0 Å². The number of benzene rings is 1. The molecule has 1 amide bonds. The molecule has 0 aliphatic carbocycles. The summed E-state index contributed by atoms with van der Waals surface area (Å²) in [4.78, 5) is 21.5. The van der Waals surface area contributed by atoms with Gasteiger partial charge in [-0.2, -0.15) is 39.5 Å². The Labute approximate surface area is 126 Å². The summed E-state index contributed by atoms with van der Waals surface area (Å²) in [5, 5.41) is 0. The van der Waals surface area contributed by atoms with Crippen molar-refractivity contribution >= 4 is 11.9 Å². The molecule has 0 aromatic heterocycles. The second-order valence-electron chi connectivity index (χ2n) is 4.11. The van der Waals surface area contributed by atoms with Gasteiger partial charge in [0, 0.05) is 0 Å². The molecule has 0 aliphatic heterocycles. The van der Waals surface area contributed by atoms with Gasteiger partial charge in [-0.05, 0) is 12.1 Å². The van der Waals surface area contributed by atoms with Gasteiger partial charge >= 0.3 is 24.5 Å². The number of ether oxygens (including phenoxy) is 1. The van der Waals surface area contributed by atoms with Crippen molar-refractivity contribution in [2.45, 2.75) is 18.5 Å². The first kappa shape index (κ1) is 19.6. The number of primary amides is 1. The highest BCUT2D eigenvalue weighted by molar-refractivity contribution is 5.95. The Morgan fingerprint density at radius 2 is 1.29 bits per heavy atom. The molecule has 4 nitrogen and oxygen atoms in total. The van der Waals surface area contributed by atoms with Gasteiger partial charge in [0.2, 0.25) is 5.91 Å². The van der Waals surface area contributed by atoms with E-state index in [9.17, 15) is 49.1 Å². The molecule has 0 aliphatic rings. The number of amides is 1. The predicted octanol–water partition coefficient (Wildman–Crippen LogP) is 3.29. The summed E-state index contributed by atoms with van der Waals surface area (Å²) < 4.78 is 117. The third-order valence-corrected chi connectivity index (χ3v) is 2.43. The van der Waals surface area contributed by atoms with Crippen LogP contribution >= 0.6 is 0 Å². The lowest BCUT2D eigenvalue weighted by Crippen LogP contribution is -2.30. The lowest BCUT2D eigenvalue weighted by atomic mass is 9.98. The Kier molecular flexibility index (Phi) is 4.79. The molecule has 0 bridgehead atoms. The van der Waals surface area contributed by atoms with E-state index in [-0.39, 0.29) is 12.1 Å². The van der Waals surface area contributed by atoms with E-state index in [1.807, 2.05) is 0 Å². The summed E-state index contributed by atoms with van der Waals surface area (Å²) in [6.07, 6.45) is -17.5. The van der Waals surface area contributed by atoms with E-state index in [1.54, 1.807) is 0 Å². The van der Waals surface area contributed by atoms with Crippen LogP contribution in [0, 0.1) is 0 Å². The first-order valence-corrected chi connectivity index (χ1v) is 5.47. The number of carbonyl (C=O) groups is 2. The van der Waals surface area contributed by atoms with Crippen molar-refractivity contribution in [3.05, 3.63) is 28.8 Å². The molecule has 1 aromatic carbocycles. The third-order valence-electron chi connectivity index (χ3n) is 2.43. The fourth-order valence-electron chi connectivity index (χ4n) is 1.61. The van der Waals surface area contributed by atoms with Gasteiger partial charge in [0.15, 0.2) is 0 Å². The molecule has 0 spiro atoms. The average molecular weight is 369 g/mol. The predicted molar refractivity (Wildman–Crippen MR) is 56.7 cm³/mol. The van der Waals surface area contributed by atoms with E-state index in [2.05, 4.69) is 10.5 Å². The van der Waals surface area contributed by atoms with E-state index in [1.165, 1.54) is 0 Å². The smallest absolute Gasteiger partial charge is 0.419 e. The number of hydrogen-bond acceptors (Lipinski definition) is 3. The maximum atomic E-state index is 12.9. The standard InChI is InChI=1S/C11H4F9NO3/c12-9(13,14)5-3(7(21)22)1-2-4(6(5)10(15,16)17)24-8(23)11(18,19)20/h1-2H,(H2,21,22). The number of alkyl halides is 9. The fourth-order valence-corrected chi connectivity index (χ4v) is 1.61. The number of hydrogen-bond donors (Lipinski definition) is 1. The molecule has 134 valence electrons. The first-order valence-electron chi connectivity index (χ1n) is 5.47. The minimum atomic E-state index is -5.91. The average Bonchev–Trinajstić information content (AvgIpc) is 2.34. The second-order valence-corrected chi connectivity index (χ2v) is 4.11. The van der Waals surface area contributed by atoms with Crippen LogP contribution in [0.4, 0.5) is 39.5 Å². The fraction of sp³-hybridized carbons (Fsp3) is 0.273. The quantitative estimate of drug-likeness (QED) is 0.494. The van der Waals surface area contributed by atoms with Crippen molar-refractivity contribution in [2.75, 3.05) is 0 Å². The second kappa shape index (κ2) is 5.87. The molecule has 0 fully saturated rings. The van der Waals surface area contributed by atoms with Gasteiger partial charge < -0.3 is 10.5 Å². The molecular formula is C11H4F9NO3. The molecule has 2 N–H and O–H groups in total. The highest BCUT2D eigenvalue weighted by Gasteiger charge is 2.50. The molecular weight excluding hydrogens is 365 g/mol. The Bertz CT molecular complexity index is 673. The van der Waals surface area contributed by atoms with Crippen LogP contribution in [0.1, 0.15) is 21.5 Å². The molecule has 0 saturated carbocycles. The van der Waals surface area contributed by atoms with Gasteiger partial charge in [-0.15, -0.1) is 0 Å². The largest absolute Gasteiger partial charge is 0.491 e. The number of carbonyl (C=O) groups excluding carboxylic acids is 2. The van der Waals surface area contributed by atoms with E-state index in [4.69, 9.17) is 0 Å². The summed E-state index contributed by atoms with van der Waals surface area (Å²) in [7, 11) is 0. The van der Waals surface area contributed by atoms with Crippen molar-refractivity contribution in [2.24, 2.45) is 5.73 Å². The number of halogens is 9. The zero-order chi connectivity index (χ0) is 19.1. The summed E-state index contributed by atoms with van der Waals surface area (Å²) in [6, 6.07) is 0.0289. The zero-order valence-corrected chi connectivity index (χ0v) is 10.9. The Morgan fingerprint density at radius 1 is 0.833 bits per heavy atom. The van der Waals surface area contributed by atoms with Gasteiger partial charge in [0.05, 0.1) is 11.1 Å². The van der Waals surface area contributed by atoms with Gasteiger partial charge in [-0.25, -0.2) is 4.79 Å². The molecule has 0 unspecified atom stereocenters. The SMILES string of the molecule is NC(=O)c1ccc(OC(=O)C(F)(F)F)c(C(F)(F)F)c1C(F)(F)F.